The summed E-state index contributed by atoms with van der Waals surface area (Å²) in [6.07, 6.45) is 3.48. The Morgan fingerprint density at radius 2 is 2.03 bits per heavy atom. The van der Waals surface area contributed by atoms with E-state index in [1.165, 1.54) is 16.7 Å². The Labute approximate surface area is 201 Å². The van der Waals surface area contributed by atoms with Gasteiger partial charge in [0.15, 0.2) is 0 Å². The number of hydrogen-bond donors (Lipinski definition) is 1. The van der Waals surface area contributed by atoms with E-state index in [9.17, 15) is 19.8 Å². The third-order valence-electron chi connectivity index (χ3n) is 5.64. The number of carbonyl (C=O) groups is 2. The third kappa shape index (κ3) is 3.87. The summed E-state index contributed by atoms with van der Waals surface area (Å²) in [7, 11) is 0. The van der Waals surface area contributed by atoms with Crippen molar-refractivity contribution in [1.82, 2.24) is 14.5 Å². The number of aliphatic hydroxyl groups excluding tert-OH is 1. The van der Waals surface area contributed by atoms with E-state index in [2.05, 4.69) is 4.98 Å². The number of β-lactam (4-membered cyclic amide) rings is 1. The smallest absolute Gasteiger partial charge is 0.543 e. The van der Waals surface area contributed by atoms with Crippen LogP contribution in [0, 0.1) is 11.8 Å². The maximum Gasteiger partial charge on any atom is 1.00 e. The number of fused-ring (bicyclic) bond motifs is 1. The molecule has 2 aliphatic heterocycles. The van der Waals surface area contributed by atoms with Crippen LogP contribution in [0.1, 0.15) is 19.7 Å². The van der Waals surface area contributed by atoms with Gasteiger partial charge in [0.05, 0.1) is 29.7 Å². The van der Waals surface area contributed by atoms with Crippen LogP contribution in [-0.4, -0.2) is 49.3 Å². The van der Waals surface area contributed by atoms with E-state index < -0.39 is 18.0 Å². The molecule has 1 aromatic heterocycles. The summed E-state index contributed by atoms with van der Waals surface area (Å²) in [5, 5.41) is 21.7. The summed E-state index contributed by atoms with van der Waals surface area (Å²) in [4.78, 5) is 30.5. The van der Waals surface area contributed by atoms with Gasteiger partial charge < -0.3 is 24.5 Å². The molecule has 3 heterocycles. The van der Waals surface area contributed by atoms with Crippen LogP contribution in [0.5, 0.6) is 0 Å². The fraction of sp³-hybridized carbons (Fsp3) is 0.381. The molecular formula is C21H22N3NaO4S. The minimum absolute atomic E-state index is 0. The van der Waals surface area contributed by atoms with Crippen LogP contribution >= 0.6 is 11.8 Å². The zero-order valence-electron chi connectivity index (χ0n) is 17.2. The van der Waals surface area contributed by atoms with Crippen LogP contribution in [0.3, 0.4) is 0 Å². The maximum absolute atomic E-state index is 12.4. The molecule has 0 radical (unpaired) electrons. The predicted molar refractivity (Wildman–Crippen MR) is 107 cm³/mol. The number of nitrogens with zero attached hydrogens (tertiary/aromatic N) is 3. The molecular weight excluding hydrogens is 413 g/mol. The van der Waals surface area contributed by atoms with Gasteiger partial charge in [-0.25, -0.2) is 4.98 Å². The molecule has 0 saturated carbocycles. The molecule has 0 aliphatic carbocycles. The Morgan fingerprint density at radius 3 is 2.67 bits per heavy atom. The molecule has 30 heavy (non-hydrogen) atoms. The number of aliphatic carboxylic acids is 1. The molecule has 1 aromatic carbocycles. The number of aryl methyl sites for hydroxylation is 1. The third-order valence-corrected chi connectivity index (χ3v) is 6.92. The first-order valence-electron chi connectivity index (χ1n) is 9.59. The SMILES string of the molecule is CC(O)C1C(=O)N2C(C(=O)[O-])=C(SCCc3nccn3-c3ccccc3)[C@H](C)C12.[Na+]. The van der Waals surface area contributed by atoms with Crippen LogP contribution in [0.25, 0.3) is 5.69 Å². The van der Waals surface area contributed by atoms with Gasteiger partial charge in [-0.05, 0) is 19.1 Å². The van der Waals surface area contributed by atoms with Gasteiger partial charge in [0.25, 0.3) is 0 Å². The van der Waals surface area contributed by atoms with Crippen molar-refractivity contribution in [2.75, 3.05) is 5.75 Å². The second-order valence-corrected chi connectivity index (χ2v) is 8.54. The maximum atomic E-state index is 12.4. The number of carboxylic acid groups (broad SMARTS) is 1. The summed E-state index contributed by atoms with van der Waals surface area (Å²) in [6.45, 7) is 3.47. The zero-order valence-corrected chi connectivity index (χ0v) is 20.0. The van der Waals surface area contributed by atoms with E-state index in [1.54, 1.807) is 13.1 Å². The second-order valence-electron chi connectivity index (χ2n) is 7.40. The summed E-state index contributed by atoms with van der Waals surface area (Å²) < 4.78 is 2.01. The van der Waals surface area contributed by atoms with E-state index in [4.69, 9.17) is 0 Å². The molecule has 1 fully saturated rings. The van der Waals surface area contributed by atoms with Gasteiger partial charge in [0.1, 0.15) is 5.82 Å². The number of imidazole rings is 1. The van der Waals surface area contributed by atoms with Crippen molar-refractivity contribution >= 4 is 23.6 Å². The Bertz CT molecular complexity index is 976. The predicted octanol–water partition coefficient (Wildman–Crippen LogP) is -2.03. The number of aliphatic hydroxyl groups is 1. The molecule has 0 spiro atoms. The van der Waals surface area contributed by atoms with Crippen molar-refractivity contribution in [3.05, 3.63) is 59.2 Å². The summed E-state index contributed by atoms with van der Waals surface area (Å²) in [6, 6.07) is 9.57. The molecule has 1 saturated heterocycles. The molecule has 1 N–H and O–H groups in total. The van der Waals surface area contributed by atoms with Crippen molar-refractivity contribution in [3.8, 4) is 5.69 Å². The molecule has 4 atom stereocenters. The van der Waals surface area contributed by atoms with Crippen LogP contribution in [0.15, 0.2) is 53.3 Å². The van der Waals surface area contributed by atoms with Gasteiger partial charge in [-0.1, -0.05) is 25.1 Å². The molecule has 1 amide bonds. The number of hydrogen-bond acceptors (Lipinski definition) is 6. The Kier molecular flexibility index (Phi) is 7.14. The molecule has 152 valence electrons. The first-order chi connectivity index (χ1) is 13.9. The number of aromatic nitrogens is 2. The van der Waals surface area contributed by atoms with Gasteiger partial charge in [-0.15, -0.1) is 11.8 Å². The Balaban J connectivity index is 0.00000256. The van der Waals surface area contributed by atoms with E-state index in [0.717, 1.165) is 11.5 Å². The Hall–Kier alpha value is -1.58. The van der Waals surface area contributed by atoms with Gasteiger partial charge in [-0.3, -0.25) is 4.79 Å². The number of para-hydroxylation sites is 1. The van der Waals surface area contributed by atoms with E-state index in [0.29, 0.717) is 17.1 Å². The monoisotopic (exact) mass is 435 g/mol. The number of thioether (sulfide) groups is 1. The number of carbonyl (C=O) groups excluding carboxylic acids is 2. The van der Waals surface area contributed by atoms with Crippen LogP contribution < -0.4 is 34.7 Å². The van der Waals surface area contributed by atoms with Crippen molar-refractivity contribution < 1.29 is 49.4 Å². The van der Waals surface area contributed by atoms with Crippen molar-refractivity contribution in [2.45, 2.75) is 32.4 Å². The normalized spacial score (nSPS) is 23.6. The quantitative estimate of drug-likeness (QED) is 0.398. The summed E-state index contributed by atoms with van der Waals surface area (Å²) in [5.74, 6) is -0.898. The van der Waals surface area contributed by atoms with Crippen molar-refractivity contribution in [3.63, 3.8) is 0 Å². The van der Waals surface area contributed by atoms with Gasteiger partial charge in [0, 0.05) is 41.1 Å². The van der Waals surface area contributed by atoms with Crippen molar-refractivity contribution in [2.24, 2.45) is 11.8 Å². The second kappa shape index (κ2) is 9.28. The van der Waals surface area contributed by atoms with Gasteiger partial charge in [0.2, 0.25) is 5.91 Å². The zero-order chi connectivity index (χ0) is 20.7. The average Bonchev–Trinajstić information content (AvgIpc) is 3.24. The number of rotatable bonds is 7. The van der Waals surface area contributed by atoms with Crippen LogP contribution in [-0.2, 0) is 16.0 Å². The van der Waals surface area contributed by atoms with Crippen LogP contribution in [0.4, 0.5) is 0 Å². The molecule has 3 unspecified atom stereocenters. The van der Waals surface area contributed by atoms with E-state index >= 15 is 0 Å². The minimum atomic E-state index is -1.34. The fourth-order valence-electron chi connectivity index (χ4n) is 4.30. The Morgan fingerprint density at radius 1 is 1.33 bits per heavy atom. The fourth-order valence-corrected chi connectivity index (χ4v) is 5.53. The molecule has 2 aliphatic rings. The van der Waals surface area contributed by atoms with Crippen molar-refractivity contribution in [1.29, 1.82) is 0 Å². The van der Waals surface area contributed by atoms with Gasteiger partial charge >= 0.3 is 29.6 Å². The van der Waals surface area contributed by atoms with Crippen LogP contribution in [0.2, 0.25) is 0 Å². The largest absolute Gasteiger partial charge is 1.00 e. The van der Waals surface area contributed by atoms with E-state index in [-0.39, 0.29) is 53.1 Å². The summed E-state index contributed by atoms with van der Waals surface area (Å²) in [5.41, 5.74) is 0.976. The molecule has 0 bridgehead atoms. The topological polar surface area (TPSA) is 98.5 Å². The number of benzene rings is 1. The average molecular weight is 435 g/mol. The minimum Gasteiger partial charge on any atom is -0.543 e. The molecule has 4 rings (SSSR count). The standard InChI is InChI=1S/C21H23N3O4S.Na/c1-12-17-16(13(2)25)20(26)24(17)18(21(27)28)19(12)29-11-8-15-22-9-10-23(15)14-6-4-3-5-7-14;/h3-7,9-10,12-13,16-17,25H,8,11H2,1-2H3,(H,27,28);/q;+1/p-1/t12-,13?,16?,17?;/m1./s1. The molecule has 7 nitrogen and oxygen atoms in total. The summed E-state index contributed by atoms with van der Waals surface area (Å²) >= 11 is 1.42. The molecule has 2 aromatic rings. The first-order valence-corrected chi connectivity index (χ1v) is 10.6. The number of amides is 1. The molecule has 9 heteroatoms. The number of carboxylic acids is 1. The van der Waals surface area contributed by atoms with E-state index in [1.807, 2.05) is 48.0 Å². The first kappa shape index (κ1) is 23.1. The van der Waals surface area contributed by atoms with Gasteiger partial charge in [-0.2, -0.15) is 0 Å².